The van der Waals surface area contributed by atoms with Gasteiger partial charge in [-0.05, 0) is 74.7 Å². The fourth-order valence-corrected chi connectivity index (χ4v) is 3.67. The van der Waals surface area contributed by atoms with Crippen molar-refractivity contribution in [2.24, 2.45) is 0 Å². The van der Waals surface area contributed by atoms with E-state index < -0.39 is 5.97 Å². The molecule has 7 nitrogen and oxygen atoms in total. The number of rotatable bonds is 9. The van der Waals surface area contributed by atoms with Gasteiger partial charge in [-0.1, -0.05) is 18.2 Å². The van der Waals surface area contributed by atoms with Gasteiger partial charge >= 0.3 is 5.97 Å². The van der Waals surface area contributed by atoms with E-state index in [0.29, 0.717) is 25.3 Å². The number of ether oxygens (including phenoxy) is 1. The Morgan fingerprint density at radius 1 is 0.941 bits per heavy atom. The Hall–Kier alpha value is -4.00. The zero-order valence-electron chi connectivity index (χ0n) is 19.5. The van der Waals surface area contributed by atoms with Gasteiger partial charge in [-0.25, -0.2) is 4.98 Å². The molecule has 0 atom stereocenters. The number of carboxylic acid groups (broad SMARTS) is 1. The Balaban J connectivity index is 1.36. The average molecular weight is 458 g/mol. The van der Waals surface area contributed by atoms with Crippen molar-refractivity contribution in [3.63, 3.8) is 0 Å². The van der Waals surface area contributed by atoms with Gasteiger partial charge in [0.2, 0.25) is 5.89 Å². The number of aliphatic carboxylic acids is 1. The van der Waals surface area contributed by atoms with Gasteiger partial charge in [0.25, 0.3) is 0 Å². The largest absolute Gasteiger partial charge is 0.493 e. The van der Waals surface area contributed by atoms with Crippen LogP contribution in [-0.4, -0.2) is 32.9 Å². The Bertz CT molecular complexity index is 1280. The van der Waals surface area contributed by atoms with Crippen LogP contribution in [0.25, 0.3) is 22.7 Å². The van der Waals surface area contributed by atoms with Crippen molar-refractivity contribution in [1.29, 1.82) is 0 Å². The fraction of sp³-hybridized carbons (Fsp3) is 0.259. The summed E-state index contributed by atoms with van der Waals surface area (Å²) in [6.07, 6.45) is 1.26. The number of hydrogen-bond acceptors (Lipinski definition) is 6. The second-order valence-corrected chi connectivity index (χ2v) is 8.24. The first kappa shape index (κ1) is 23.2. The number of carbonyl (C=O) groups is 1. The minimum Gasteiger partial charge on any atom is -0.493 e. The van der Waals surface area contributed by atoms with Crippen molar-refractivity contribution in [3.8, 4) is 28.5 Å². The molecule has 2 heterocycles. The summed E-state index contributed by atoms with van der Waals surface area (Å²) in [7, 11) is 0. The summed E-state index contributed by atoms with van der Waals surface area (Å²) in [4.78, 5) is 15.5. The van der Waals surface area contributed by atoms with Gasteiger partial charge < -0.3 is 14.3 Å². The Morgan fingerprint density at radius 2 is 1.71 bits per heavy atom. The van der Waals surface area contributed by atoms with Crippen molar-refractivity contribution < 1.29 is 19.1 Å². The quantitative estimate of drug-likeness (QED) is 0.361. The first-order valence-corrected chi connectivity index (χ1v) is 11.2. The van der Waals surface area contributed by atoms with E-state index in [1.165, 1.54) is 0 Å². The zero-order valence-corrected chi connectivity index (χ0v) is 19.5. The lowest BCUT2D eigenvalue weighted by molar-refractivity contribution is -0.136. The predicted molar refractivity (Wildman–Crippen MR) is 129 cm³/mol. The maximum absolute atomic E-state index is 10.8. The van der Waals surface area contributed by atoms with Crippen LogP contribution in [0.2, 0.25) is 0 Å². The van der Waals surface area contributed by atoms with Crippen molar-refractivity contribution >= 4 is 5.97 Å². The second kappa shape index (κ2) is 10.3. The number of aryl methyl sites for hydroxylation is 4. The van der Waals surface area contributed by atoms with Crippen molar-refractivity contribution in [3.05, 3.63) is 82.9 Å². The molecule has 4 aromatic rings. The highest BCUT2D eigenvalue weighted by Gasteiger charge is 2.12. The smallest absolute Gasteiger partial charge is 0.303 e. The molecule has 2 aromatic heterocycles. The number of oxazole rings is 1. The molecule has 7 heteroatoms. The van der Waals surface area contributed by atoms with E-state index in [1.807, 2.05) is 75.4 Å². The molecule has 0 radical (unpaired) electrons. The number of hydrogen-bond donors (Lipinski definition) is 1. The summed E-state index contributed by atoms with van der Waals surface area (Å²) in [5, 5.41) is 17.2. The predicted octanol–water partition coefficient (Wildman–Crippen LogP) is 5.36. The van der Waals surface area contributed by atoms with Crippen LogP contribution in [0, 0.1) is 20.8 Å². The number of aromatic nitrogens is 3. The summed E-state index contributed by atoms with van der Waals surface area (Å²) in [5.74, 6) is 1.31. The Labute approximate surface area is 198 Å². The third-order valence-electron chi connectivity index (χ3n) is 5.65. The molecular weight excluding hydrogens is 430 g/mol. The van der Waals surface area contributed by atoms with Crippen molar-refractivity contribution in [2.75, 3.05) is 6.61 Å². The molecule has 2 aromatic carbocycles. The van der Waals surface area contributed by atoms with Crippen LogP contribution in [-0.2, 0) is 17.6 Å². The molecule has 4 rings (SSSR count). The molecule has 0 fully saturated rings. The van der Waals surface area contributed by atoms with E-state index in [4.69, 9.17) is 14.3 Å². The molecule has 0 bridgehead atoms. The third-order valence-corrected chi connectivity index (χ3v) is 5.65. The van der Waals surface area contributed by atoms with Crippen LogP contribution >= 0.6 is 0 Å². The summed E-state index contributed by atoms with van der Waals surface area (Å²) < 4.78 is 11.8. The van der Waals surface area contributed by atoms with Crippen molar-refractivity contribution in [1.82, 2.24) is 15.2 Å². The monoisotopic (exact) mass is 457 g/mol. The van der Waals surface area contributed by atoms with Crippen LogP contribution in [0.1, 0.15) is 34.7 Å². The molecule has 0 unspecified atom stereocenters. The van der Waals surface area contributed by atoms with E-state index in [1.54, 1.807) is 0 Å². The van der Waals surface area contributed by atoms with Crippen LogP contribution in [0.15, 0.2) is 59.0 Å². The molecular formula is C27H27N3O4. The Morgan fingerprint density at radius 3 is 2.38 bits per heavy atom. The molecule has 1 N–H and O–H groups in total. The van der Waals surface area contributed by atoms with Gasteiger partial charge in [-0.3, -0.25) is 4.79 Å². The van der Waals surface area contributed by atoms with Gasteiger partial charge in [0.05, 0.1) is 23.7 Å². The third kappa shape index (κ3) is 5.67. The second-order valence-electron chi connectivity index (χ2n) is 8.24. The normalized spacial score (nSPS) is 10.9. The molecule has 0 saturated heterocycles. The maximum atomic E-state index is 10.8. The van der Waals surface area contributed by atoms with E-state index in [-0.39, 0.29) is 6.42 Å². The van der Waals surface area contributed by atoms with E-state index in [2.05, 4.69) is 15.2 Å². The van der Waals surface area contributed by atoms with Crippen LogP contribution in [0.3, 0.4) is 0 Å². The molecule has 0 aliphatic carbocycles. The standard InChI is InChI=1S/C27H27N3O4/c1-17-16-23(11-9-20(17)10-13-26(31)32)33-15-14-24-19(3)34-27(28-24)22-7-5-21(6-8-22)25-12-4-18(2)29-30-25/h4-9,11-12,16H,10,13-15H2,1-3H3,(H,31,32). The highest BCUT2D eigenvalue weighted by molar-refractivity contribution is 5.67. The molecule has 34 heavy (non-hydrogen) atoms. The maximum Gasteiger partial charge on any atom is 0.303 e. The van der Waals surface area contributed by atoms with Gasteiger partial charge in [-0.15, -0.1) is 0 Å². The van der Waals surface area contributed by atoms with Crippen molar-refractivity contribution in [2.45, 2.75) is 40.0 Å². The molecule has 0 aliphatic rings. The molecule has 0 amide bonds. The lowest BCUT2D eigenvalue weighted by atomic mass is 10.0. The SMILES string of the molecule is Cc1ccc(-c2ccc(-c3nc(CCOc4ccc(CCC(=O)O)c(C)c4)c(C)o3)cc2)nn1. The zero-order chi connectivity index (χ0) is 24.1. The van der Waals surface area contributed by atoms with Crippen LogP contribution in [0.5, 0.6) is 5.75 Å². The van der Waals surface area contributed by atoms with Gasteiger partial charge in [0.15, 0.2) is 0 Å². The lowest BCUT2D eigenvalue weighted by Crippen LogP contribution is -2.04. The van der Waals surface area contributed by atoms with Gasteiger partial charge in [-0.2, -0.15) is 10.2 Å². The first-order valence-electron chi connectivity index (χ1n) is 11.2. The first-order chi connectivity index (χ1) is 16.4. The molecule has 174 valence electrons. The van der Waals surface area contributed by atoms with Gasteiger partial charge in [0.1, 0.15) is 11.5 Å². The van der Waals surface area contributed by atoms with Gasteiger partial charge in [0, 0.05) is 24.0 Å². The average Bonchev–Trinajstić information content (AvgIpc) is 3.19. The van der Waals surface area contributed by atoms with Crippen LogP contribution < -0.4 is 4.74 Å². The number of carboxylic acids is 1. The Kier molecular flexibility index (Phi) is 7.01. The van der Waals surface area contributed by atoms with E-state index >= 15 is 0 Å². The summed E-state index contributed by atoms with van der Waals surface area (Å²) >= 11 is 0. The fourth-order valence-electron chi connectivity index (χ4n) is 3.67. The molecule has 0 saturated carbocycles. The summed E-state index contributed by atoms with van der Waals surface area (Å²) in [5.41, 5.74) is 6.49. The minimum atomic E-state index is -0.793. The molecule has 0 aliphatic heterocycles. The van der Waals surface area contributed by atoms with E-state index in [9.17, 15) is 4.79 Å². The van der Waals surface area contributed by atoms with Crippen LogP contribution in [0.4, 0.5) is 0 Å². The highest BCUT2D eigenvalue weighted by atomic mass is 16.5. The topological polar surface area (TPSA) is 98.3 Å². The van der Waals surface area contributed by atoms with E-state index in [0.717, 1.165) is 50.8 Å². The minimum absolute atomic E-state index is 0.123. The molecule has 0 spiro atoms. The lowest BCUT2D eigenvalue weighted by Gasteiger charge is -2.09. The number of nitrogens with zero attached hydrogens (tertiary/aromatic N) is 3. The summed E-state index contributed by atoms with van der Waals surface area (Å²) in [6.45, 7) is 6.25. The highest BCUT2D eigenvalue weighted by Crippen LogP contribution is 2.25. The number of benzene rings is 2. The summed E-state index contributed by atoms with van der Waals surface area (Å²) in [6, 6.07) is 17.6.